The topological polar surface area (TPSA) is 73.6 Å². The van der Waals surface area contributed by atoms with Crippen molar-refractivity contribution in [1.29, 1.82) is 0 Å². The fraction of sp³-hybridized carbons (Fsp3) is 0.0526. The van der Waals surface area contributed by atoms with Crippen LogP contribution in [0.25, 0.3) is 22.3 Å². The molecule has 24 heavy (non-hydrogen) atoms. The first-order chi connectivity index (χ1) is 11.8. The molecular formula is C19H16N4O. The summed E-state index contributed by atoms with van der Waals surface area (Å²) < 4.78 is 0. The summed E-state index contributed by atoms with van der Waals surface area (Å²) >= 11 is 0. The molecule has 118 valence electrons. The lowest BCUT2D eigenvalue weighted by molar-refractivity contribution is 0.0951. The maximum absolute atomic E-state index is 12.4. The molecule has 2 aromatic carbocycles. The van der Waals surface area contributed by atoms with E-state index in [1.165, 1.54) is 0 Å². The second-order valence-corrected chi connectivity index (χ2v) is 5.61. The molecule has 0 fully saturated rings. The quantitative estimate of drug-likeness (QED) is 0.539. The Kier molecular flexibility index (Phi) is 3.59. The zero-order chi connectivity index (χ0) is 16.4. The van der Waals surface area contributed by atoms with E-state index in [9.17, 15) is 4.79 Å². The molecule has 0 saturated carbocycles. The number of nitrogens with zero attached hydrogens (tertiary/aromatic N) is 1. The first kappa shape index (κ1) is 14.3. The summed E-state index contributed by atoms with van der Waals surface area (Å²) in [5.41, 5.74) is 4.47. The van der Waals surface area contributed by atoms with Gasteiger partial charge in [0, 0.05) is 29.2 Å². The molecule has 1 amide bonds. The number of H-pyrrole nitrogens is 2. The molecule has 5 heteroatoms. The van der Waals surface area contributed by atoms with Crippen molar-refractivity contribution >= 4 is 16.8 Å². The van der Waals surface area contributed by atoms with Gasteiger partial charge in [0.15, 0.2) is 0 Å². The molecule has 2 aromatic heterocycles. The van der Waals surface area contributed by atoms with Crippen molar-refractivity contribution in [3.63, 3.8) is 0 Å². The number of hydrogen-bond donors (Lipinski definition) is 3. The Morgan fingerprint density at radius 3 is 2.71 bits per heavy atom. The van der Waals surface area contributed by atoms with Gasteiger partial charge in [0.2, 0.25) is 0 Å². The largest absolute Gasteiger partial charge is 0.353 e. The number of amides is 1. The van der Waals surface area contributed by atoms with Crippen LogP contribution in [0.4, 0.5) is 0 Å². The Morgan fingerprint density at radius 1 is 1.04 bits per heavy atom. The van der Waals surface area contributed by atoms with E-state index in [4.69, 9.17) is 0 Å². The van der Waals surface area contributed by atoms with Crippen LogP contribution in [-0.4, -0.2) is 21.1 Å². The predicted octanol–water partition coefficient (Wildman–Crippen LogP) is 3.49. The standard InChI is InChI=1S/C19H16N4O/c24-19(20-12-13-4-2-1-3-5-13)14-6-7-16-15(10-14)11-18(22-16)17-8-9-21-23-17/h1-11,22H,12H2,(H,20,24)(H,21,23). The molecule has 0 radical (unpaired) electrons. The van der Waals surface area contributed by atoms with Gasteiger partial charge in [0.1, 0.15) is 5.69 Å². The van der Waals surface area contributed by atoms with E-state index >= 15 is 0 Å². The van der Waals surface area contributed by atoms with Gasteiger partial charge in [-0.25, -0.2) is 0 Å². The van der Waals surface area contributed by atoms with Gasteiger partial charge >= 0.3 is 0 Å². The molecule has 0 aliphatic rings. The van der Waals surface area contributed by atoms with Gasteiger partial charge in [-0.15, -0.1) is 0 Å². The van der Waals surface area contributed by atoms with E-state index in [0.29, 0.717) is 12.1 Å². The van der Waals surface area contributed by atoms with Gasteiger partial charge < -0.3 is 10.3 Å². The third kappa shape index (κ3) is 2.79. The number of aromatic nitrogens is 3. The lowest BCUT2D eigenvalue weighted by atomic mass is 10.1. The van der Waals surface area contributed by atoms with Gasteiger partial charge in [0.05, 0.1) is 5.69 Å². The highest BCUT2D eigenvalue weighted by Gasteiger charge is 2.09. The Morgan fingerprint density at radius 2 is 1.92 bits per heavy atom. The van der Waals surface area contributed by atoms with E-state index < -0.39 is 0 Å². The number of aromatic amines is 2. The van der Waals surface area contributed by atoms with Gasteiger partial charge in [-0.05, 0) is 35.9 Å². The zero-order valence-corrected chi connectivity index (χ0v) is 12.9. The van der Waals surface area contributed by atoms with Crippen molar-refractivity contribution in [2.45, 2.75) is 6.54 Å². The van der Waals surface area contributed by atoms with E-state index in [0.717, 1.165) is 27.9 Å². The number of rotatable bonds is 4. The van der Waals surface area contributed by atoms with Crippen LogP contribution < -0.4 is 5.32 Å². The molecule has 5 nitrogen and oxygen atoms in total. The van der Waals surface area contributed by atoms with Gasteiger partial charge in [-0.1, -0.05) is 30.3 Å². The molecule has 0 unspecified atom stereocenters. The van der Waals surface area contributed by atoms with Gasteiger partial charge in [-0.2, -0.15) is 5.10 Å². The highest BCUT2D eigenvalue weighted by molar-refractivity contribution is 5.98. The third-order valence-electron chi connectivity index (χ3n) is 3.96. The Balaban J connectivity index is 1.55. The van der Waals surface area contributed by atoms with Crippen LogP contribution in [0, 0.1) is 0 Å². The SMILES string of the molecule is O=C(NCc1ccccc1)c1ccc2[nH]c(-c3cc[nH]n3)cc2c1. The number of carbonyl (C=O) groups is 1. The first-order valence-corrected chi connectivity index (χ1v) is 7.75. The summed E-state index contributed by atoms with van der Waals surface area (Å²) in [6.07, 6.45) is 1.78. The molecule has 2 heterocycles. The molecule has 4 aromatic rings. The molecule has 0 spiro atoms. The molecule has 0 aliphatic heterocycles. The Labute approximate surface area is 138 Å². The summed E-state index contributed by atoms with van der Waals surface area (Å²) in [6, 6.07) is 19.4. The summed E-state index contributed by atoms with van der Waals surface area (Å²) in [5, 5.41) is 10.9. The fourth-order valence-corrected chi connectivity index (χ4v) is 2.70. The molecule has 0 saturated heterocycles. The molecule has 4 rings (SSSR count). The van der Waals surface area contributed by atoms with Crippen LogP contribution in [-0.2, 0) is 6.54 Å². The lowest BCUT2D eigenvalue weighted by Gasteiger charge is -2.05. The van der Waals surface area contributed by atoms with E-state index in [1.807, 2.05) is 60.7 Å². The average Bonchev–Trinajstić information content (AvgIpc) is 3.28. The van der Waals surface area contributed by atoms with Gasteiger partial charge in [0.25, 0.3) is 5.91 Å². The summed E-state index contributed by atoms with van der Waals surface area (Å²) in [7, 11) is 0. The Hall–Kier alpha value is -3.34. The highest BCUT2D eigenvalue weighted by Crippen LogP contribution is 2.23. The summed E-state index contributed by atoms with van der Waals surface area (Å²) in [6.45, 7) is 0.517. The number of hydrogen-bond acceptors (Lipinski definition) is 2. The monoisotopic (exact) mass is 316 g/mol. The van der Waals surface area contributed by atoms with Crippen molar-refractivity contribution in [2.24, 2.45) is 0 Å². The normalized spacial score (nSPS) is 10.8. The number of benzene rings is 2. The first-order valence-electron chi connectivity index (χ1n) is 7.75. The third-order valence-corrected chi connectivity index (χ3v) is 3.96. The summed E-state index contributed by atoms with van der Waals surface area (Å²) in [5.74, 6) is -0.0803. The average molecular weight is 316 g/mol. The van der Waals surface area contributed by atoms with Crippen molar-refractivity contribution < 1.29 is 4.79 Å². The van der Waals surface area contributed by atoms with Crippen LogP contribution in [0.3, 0.4) is 0 Å². The van der Waals surface area contributed by atoms with E-state index in [2.05, 4.69) is 20.5 Å². The minimum absolute atomic E-state index is 0.0803. The van der Waals surface area contributed by atoms with Gasteiger partial charge in [-0.3, -0.25) is 9.89 Å². The number of fused-ring (bicyclic) bond motifs is 1. The minimum atomic E-state index is -0.0803. The molecular weight excluding hydrogens is 300 g/mol. The number of nitrogens with one attached hydrogen (secondary N) is 3. The van der Waals surface area contributed by atoms with Crippen LogP contribution in [0.1, 0.15) is 15.9 Å². The number of carbonyl (C=O) groups excluding carboxylic acids is 1. The second kappa shape index (κ2) is 6.04. The van der Waals surface area contributed by atoms with Crippen molar-refractivity contribution in [3.05, 3.63) is 78.0 Å². The van der Waals surface area contributed by atoms with Crippen LogP contribution in [0.5, 0.6) is 0 Å². The molecule has 0 aliphatic carbocycles. The molecule has 0 atom stereocenters. The highest BCUT2D eigenvalue weighted by atomic mass is 16.1. The molecule has 3 N–H and O–H groups in total. The zero-order valence-electron chi connectivity index (χ0n) is 12.9. The summed E-state index contributed by atoms with van der Waals surface area (Å²) in [4.78, 5) is 15.7. The van der Waals surface area contributed by atoms with Crippen molar-refractivity contribution in [3.8, 4) is 11.4 Å². The van der Waals surface area contributed by atoms with Crippen LogP contribution in [0.15, 0.2) is 66.9 Å². The molecule has 0 bridgehead atoms. The smallest absolute Gasteiger partial charge is 0.251 e. The lowest BCUT2D eigenvalue weighted by Crippen LogP contribution is -2.22. The minimum Gasteiger partial charge on any atom is -0.353 e. The Bertz CT molecular complexity index is 971. The van der Waals surface area contributed by atoms with Crippen LogP contribution >= 0.6 is 0 Å². The van der Waals surface area contributed by atoms with Crippen molar-refractivity contribution in [2.75, 3.05) is 0 Å². The van der Waals surface area contributed by atoms with E-state index in [-0.39, 0.29) is 5.91 Å². The maximum Gasteiger partial charge on any atom is 0.251 e. The predicted molar refractivity (Wildman–Crippen MR) is 93.5 cm³/mol. The van der Waals surface area contributed by atoms with Crippen molar-refractivity contribution in [1.82, 2.24) is 20.5 Å². The second-order valence-electron chi connectivity index (χ2n) is 5.61. The van der Waals surface area contributed by atoms with E-state index in [1.54, 1.807) is 6.20 Å². The fourth-order valence-electron chi connectivity index (χ4n) is 2.70. The van der Waals surface area contributed by atoms with Crippen LogP contribution in [0.2, 0.25) is 0 Å². The maximum atomic E-state index is 12.4.